The number of pyridine rings is 1. The van der Waals surface area contributed by atoms with Crippen LogP contribution in [-0.4, -0.2) is 26.5 Å². The third-order valence-electron chi connectivity index (χ3n) is 3.13. The van der Waals surface area contributed by atoms with Gasteiger partial charge in [0.15, 0.2) is 5.82 Å². The zero-order valence-corrected chi connectivity index (χ0v) is 13.7. The third-order valence-corrected chi connectivity index (χ3v) is 4.33. The number of carbonyl (C=O) groups is 1. The Morgan fingerprint density at radius 1 is 1.20 bits per heavy atom. The lowest BCUT2D eigenvalue weighted by Gasteiger charge is -2.14. The average Bonchev–Trinajstić information content (AvgIpc) is 2.53. The van der Waals surface area contributed by atoms with Crippen LogP contribution in [0, 0.1) is 0 Å². The number of esters is 1. The van der Waals surface area contributed by atoms with Crippen LogP contribution in [0.25, 0.3) is 0 Å². The van der Waals surface area contributed by atoms with Gasteiger partial charge in [0.2, 0.25) is 10.0 Å². The summed E-state index contributed by atoms with van der Waals surface area (Å²) in [6.07, 6.45) is -3.46. The topological polar surface area (TPSA) is 85.4 Å². The Hall–Kier alpha value is -2.62. The van der Waals surface area contributed by atoms with E-state index >= 15 is 0 Å². The molecule has 1 aromatic carbocycles. The molecule has 10 heteroatoms. The number of hydrogen-bond acceptors (Lipinski definition) is 5. The summed E-state index contributed by atoms with van der Waals surface area (Å²) in [6.45, 7) is 0. The van der Waals surface area contributed by atoms with Crippen molar-refractivity contribution in [2.45, 2.75) is 11.9 Å². The predicted molar refractivity (Wildman–Crippen MR) is 83.3 cm³/mol. The highest BCUT2D eigenvalue weighted by molar-refractivity contribution is 7.91. The van der Waals surface area contributed by atoms with E-state index in [1.54, 1.807) is 0 Å². The van der Waals surface area contributed by atoms with Gasteiger partial charge in [-0.1, -0.05) is 18.2 Å². The van der Waals surface area contributed by atoms with Crippen molar-refractivity contribution < 1.29 is 31.1 Å². The smallest absolute Gasteiger partial charge is 0.416 e. The number of sulfonamides is 1. The van der Waals surface area contributed by atoms with Gasteiger partial charge in [-0.15, -0.1) is 0 Å². The van der Waals surface area contributed by atoms with Crippen LogP contribution in [0.3, 0.4) is 0 Å². The lowest BCUT2D eigenvalue weighted by atomic mass is 10.1. The summed E-state index contributed by atoms with van der Waals surface area (Å²) in [4.78, 5) is 15.4. The minimum Gasteiger partial charge on any atom is -0.465 e. The van der Waals surface area contributed by atoms with Gasteiger partial charge in [0, 0.05) is 6.20 Å². The van der Waals surface area contributed by atoms with E-state index in [2.05, 4.69) is 9.72 Å². The lowest BCUT2D eigenvalue weighted by molar-refractivity contribution is -0.138. The quantitative estimate of drug-likeness (QED) is 0.814. The molecule has 134 valence electrons. The monoisotopic (exact) mass is 374 g/mol. The summed E-state index contributed by atoms with van der Waals surface area (Å²) in [5, 5.41) is 0. The van der Waals surface area contributed by atoms with Gasteiger partial charge in [-0.05, 0) is 23.8 Å². The van der Waals surface area contributed by atoms with E-state index in [-0.39, 0.29) is 11.4 Å². The van der Waals surface area contributed by atoms with Crippen molar-refractivity contribution in [3.8, 4) is 0 Å². The molecule has 0 unspecified atom stereocenters. The number of anilines is 1. The fraction of sp³-hybridized carbons (Fsp3) is 0.200. The maximum atomic E-state index is 13.0. The largest absolute Gasteiger partial charge is 0.465 e. The van der Waals surface area contributed by atoms with E-state index in [9.17, 15) is 26.4 Å². The van der Waals surface area contributed by atoms with Crippen molar-refractivity contribution in [3.63, 3.8) is 0 Å². The van der Waals surface area contributed by atoms with Crippen molar-refractivity contribution in [3.05, 3.63) is 59.3 Å². The Kier molecular flexibility index (Phi) is 5.31. The molecule has 0 aliphatic heterocycles. The second-order valence-corrected chi connectivity index (χ2v) is 6.63. The summed E-state index contributed by atoms with van der Waals surface area (Å²) in [7, 11) is -3.15. The highest BCUT2D eigenvalue weighted by atomic mass is 32.2. The molecule has 0 spiro atoms. The predicted octanol–water partition coefficient (Wildman–Crippen LogP) is 2.83. The van der Waals surface area contributed by atoms with Gasteiger partial charge in [0.05, 0.1) is 18.4 Å². The standard InChI is InChI=1S/C15H13F3N2O4S/c1-24-14(21)11-6-4-8-19-13(11)20-25(22,23)9-10-5-2-3-7-12(10)15(16,17)18/h2-8H,9H2,1H3,(H,19,20). The summed E-state index contributed by atoms with van der Waals surface area (Å²) < 4.78 is 69.9. The Morgan fingerprint density at radius 3 is 2.52 bits per heavy atom. The van der Waals surface area contributed by atoms with Crippen LogP contribution in [0.1, 0.15) is 21.5 Å². The number of nitrogens with zero attached hydrogens (tertiary/aromatic N) is 1. The Balaban J connectivity index is 2.33. The zero-order valence-electron chi connectivity index (χ0n) is 12.9. The molecule has 0 aliphatic carbocycles. The first-order valence-electron chi connectivity index (χ1n) is 6.83. The highest BCUT2D eigenvalue weighted by Crippen LogP contribution is 2.32. The number of alkyl halides is 3. The van der Waals surface area contributed by atoms with Crippen LogP contribution in [-0.2, 0) is 26.7 Å². The number of ether oxygens (including phenoxy) is 1. The van der Waals surface area contributed by atoms with Crippen LogP contribution in [0.5, 0.6) is 0 Å². The molecular formula is C15H13F3N2O4S. The molecule has 2 rings (SSSR count). The molecule has 0 saturated heterocycles. The number of nitrogens with one attached hydrogen (secondary N) is 1. The van der Waals surface area contributed by atoms with E-state index in [0.717, 1.165) is 19.2 Å². The van der Waals surface area contributed by atoms with Gasteiger partial charge >= 0.3 is 12.1 Å². The van der Waals surface area contributed by atoms with Crippen molar-refractivity contribution in [2.24, 2.45) is 0 Å². The van der Waals surface area contributed by atoms with E-state index in [4.69, 9.17) is 0 Å². The van der Waals surface area contributed by atoms with Crippen molar-refractivity contribution in [1.82, 2.24) is 4.98 Å². The van der Waals surface area contributed by atoms with E-state index in [0.29, 0.717) is 0 Å². The minimum absolute atomic E-state index is 0.155. The van der Waals surface area contributed by atoms with Crippen LogP contribution in [0.4, 0.5) is 19.0 Å². The summed E-state index contributed by atoms with van der Waals surface area (Å²) >= 11 is 0. The van der Waals surface area contributed by atoms with Crippen LogP contribution < -0.4 is 4.72 Å². The van der Waals surface area contributed by atoms with Crippen LogP contribution in [0.15, 0.2) is 42.6 Å². The Labute approximate surface area is 141 Å². The molecule has 0 amide bonds. The van der Waals surface area contributed by atoms with Gasteiger partial charge < -0.3 is 4.74 Å². The molecule has 1 aromatic heterocycles. The maximum absolute atomic E-state index is 13.0. The lowest BCUT2D eigenvalue weighted by Crippen LogP contribution is -2.20. The first kappa shape index (κ1) is 18.7. The Bertz CT molecular complexity index is 882. The molecule has 0 saturated carbocycles. The molecule has 0 fully saturated rings. The molecular weight excluding hydrogens is 361 g/mol. The summed E-state index contributed by atoms with van der Waals surface area (Å²) in [5.74, 6) is -2.08. The number of halogens is 3. The molecule has 0 radical (unpaired) electrons. The molecule has 1 heterocycles. The molecule has 0 atom stereocenters. The normalized spacial score (nSPS) is 11.8. The Morgan fingerprint density at radius 2 is 1.88 bits per heavy atom. The number of aromatic nitrogens is 1. The summed E-state index contributed by atoms with van der Waals surface area (Å²) in [5.41, 5.74) is -1.62. The van der Waals surface area contributed by atoms with E-state index in [1.807, 2.05) is 4.72 Å². The molecule has 25 heavy (non-hydrogen) atoms. The SMILES string of the molecule is COC(=O)c1cccnc1NS(=O)(=O)Cc1ccccc1C(F)(F)F. The number of hydrogen-bond donors (Lipinski definition) is 1. The minimum atomic E-state index is -4.69. The van der Waals surface area contributed by atoms with Gasteiger partial charge in [0.1, 0.15) is 5.56 Å². The molecule has 0 aliphatic rings. The average molecular weight is 374 g/mol. The highest BCUT2D eigenvalue weighted by Gasteiger charge is 2.34. The van der Waals surface area contributed by atoms with Gasteiger partial charge in [-0.25, -0.2) is 18.2 Å². The fourth-order valence-corrected chi connectivity index (χ4v) is 3.26. The number of benzene rings is 1. The maximum Gasteiger partial charge on any atom is 0.416 e. The van der Waals surface area contributed by atoms with E-state index < -0.39 is 39.0 Å². The number of carbonyl (C=O) groups excluding carboxylic acids is 1. The van der Waals surface area contributed by atoms with Crippen molar-refractivity contribution >= 4 is 21.8 Å². The molecule has 2 aromatic rings. The van der Waals surface area contributed by atoms with Crippen LogP contribution in [0.2, 0.25) is 0 Å². The molecule has 1 N–H and O–H groups in total. The van der Waals surface area contributed by atoms with Gasteiger partial charge in [-0.2, -0.15) is 13.2 Å². The third kappa shape index (κ3) is 4.69. The second-order valence-electron chi connectivity index (χ2n) is 4.91. The number of methoxy groups -OCH3 is 1. The first-order chi connectivity index (χ1) is 11.6. The second kappa shape index (κ2) is 7.09. The molecule has 0 bridgehead atoms. The first-order valence-corrected chi connectivity index (χ1v) is 8.48. The van der Waals surface area contributed by atoms with Gasteiger partial charge in [0.25, 0.3) is 0 Å². The molecule has 6 nitrogen and oxygen atoms in total. The summed E-state index contributed by atoms with van der Waals surface area (Å²) in [6, 6.07) is 7.01. The van der Waals surface area contributed by atoms with E-state index in [1.165, 1.54) is 30.5 Å². The van der Waals surface area contributed by atoms with Crippen LogP contribution >= 0.6 is 0 Å². The van der Waals surface area contributed by atoms with Gasteiger partial charge in [-0.3, -0.25) is 4.72 Å². The van der Waals surface area contributed by atoms with Crippen molar-refractivity contribution in [2.75, 3.05) is 11.8 Å². The fourth-order valence-electron chi connectivity index (χ4n) is 2.07. The van der Waals surface area contributed by atoms with Crippen molar-refractivity contribution in [1.29, 1.82) is 0 Å². The zero-order chi connectivity index (χ0) is 18.7. The number of rotatable bonds is 5.